The first-order chi connectivity index (χ1) is 7.91. The van der Waals surface area contributed by atoms with Crippen LogP contribution < -0.4 is 5.32 Å². The lowest BCUT2D eigenvalue weighted by atomic mass is 9.95. The summed E-state index contributed by atoms with van der Waals surface area (Å²) in [7, 11) is 0. The van der Waals surface area contributed by atoms with Crippen LogP contribution in [0.15, 0.2) is 24.3 Å². The van der Waals surface area contributed by atoms with Gasteiger partial charge in [0.05, 0.1) is 5.92 Å². The molecule has 0 aliphatic rings. The van der Waals surface area contributed by atoms with Gasteiger partial charge in [-0.05, 0) is 18.2 Å². The normalized spacial score (nSPS) is 13.8. The average molecular weight is 239 g/mol. The van der Waals surface area contributed by atoms with E-state index >= 15 is 0 Å². The van der Waals surface area contributed by atoms with Gasteiger partial charge >= 0.3 is 5.97 Å². The predicted octanol–water partition coefficient (Wildman–Crippen LogP) is 2.12. The standard InChI is InChI=1S/C12H14FNO3/c1-7(8(2)12(16)17)11(15)14-10-5-3-4-9(13)6-10/h3-8H,1-2H3,(H,14,15)(H,16,17). The molecule has 0 aliphatic carbocycles. The van der Waals surface area contributed by atoms with Gasteiger partial charge in [-0.3, -0.25) is 9.59 Å². The van der Waals surface area contributed by atoms with Gasteiger partial charge in [0.2, 0.25) is 5.91 Å². The predicted molar refractivity (Wildman–Crippen MR) is 61.0 cm³/mol. The smallest absolute Gasteiger partial charge is 0.307 e. The van der Waals surface area contributed by atoms with Gasteiger partial charge in [0, 0.05) is 11.6 Å². The van der Waals surface area contributed by atoms with Gasteiger partial charge in [-0.2, -0.15) is 0 Å². The highest BCUT2D eigenvalue weighted by Gasteiger charge is 2.25. The fraction of sp³-hybridized carbons (Fsp3) is 0.333. The van der Waals surface area contributed by atoms with Gasteiger partial charge in [0.15, 0.2) is 0 Å². The Hall–Kier alpha value is -1.91. The van der Waals surface area contributed by atoms with Crippen LogP contribution in [0.25, 0.3) is 0 Å². The van der Waals surface area contributed by atoms with Gasteiger partial charge < -0.3 is 10.4 Å². The summed E-state index contributed by atoms with van der Waals surface area (Å²) in [5.41, 5.74) is 0.319. The molecule has 0 aromatic heterocycles. The summed E-state index contributed by atoms with van der Waals surface area (Å²) >= 11 is 0. The Morgan fingerprint density at radius 2 is 1.94 bits per heavy atom. The van der Waals surface area contributed by atoms with Gasteiger partial charge in [-0.1, -0.05) is 19.9 Å². The van der Waals surface area contributed by atoms with E-state index in [-0.39, 0.29) is 0 Å². The molecule has 0 heterocycles. The molecule has 0 saturated heterocycles. The van der Waals surface area contributed by atoms with E-state index in [0.717, 1.165) is 0 Å². The second-order valence-corrected chi connectivity index (χ2v) is 3.92. The van der Waals surface area contributed by atoms with Crippen molar-refractivity contribution in [2.75, 3.05) is 5.32 Å². The van der Waals surface area contributed by atoms with Crippen LogP contribution in [0.4, 0.5) is 10.1 Å². The molecule has 1 aromatic carbocycles. The van der Waals surface area contributed by atoms with Crippen LogP contribution in [0.5, 0.6) is 0 Å². The van der Waals surface area contributed by atoms with Crippen molar-refractivity contribution in [1.82, 2.24) is 0 Å². The Labute approximate surface area is 98.5 Å². The maximum absolute atomic E-state index is 12.9. The number of halogens is 1. The summed E-state index contributed by atoms with van der Waals surface area (Å²) in [5, 5.41) is 11.2. The molecule has 5 heteroatoms. The van der Waals surface area contributed by atoms with Crippen molar-refractivity contribution >= 4 is 17.6 Å². The molecule has 17 heavy (non-hydrogen) atoms. The second kappa shape index (κ2) is 5.43. The number of aliphatic carboxylic acids is 1. The van der Waals surface area contributed by atoms with Gasteiger partial charge in [0.25, 0.3) is 0 Å². The van der Waals surface area contributed by atoms with Crippen LogP contribution in [-0.4, -0.2) is 17.0 Å². The number of carbonyl (C=O) groups is 2. The zero-order valence-corrected chi connectivity index (χ0v) is 9.61. The first-order valence-electron chi connectivity index (χ1n) is 5.21. The molecule has 1 rings (SSSR count). The van der Waals surface area contributed by atoms with Crippen molar-refractivity contribution in [3.63, 3.8) is 0 Å². The van der Waals surface area contributed by atoms with Gasteiger partial charge in [0.1, 0.15) is 5.82 Å². The molecule has 0 bridgehead atoms. The fourth-order valence-corrected chi connectivity index (χ4v) is 1.26. The van der Waals surface area contributed by atoms with Crippen LogP contribution in [-0.2, 0) is 9.59 Å². The first-order valence-corrected chi connectivity index (χ1v) is 5.21. The Balaban J connectivity index is 2.69. The highest BCUT2D eigenvalue weighted by Crippen LogP contribution is 2.15. The first kappa shape index (κ1) is 13.2. The lowest BCUT2D eigenvalue weighted by molar-refractivity contribution is -0.145. The molecular weight excluding hydrogens is 225 g/mol. The molecule has 0 spiro atoms. The van der Waals surface area contributed by atoms with Crippen molar-refractivity contribution in [2.45, 2.75) is 13.8 Å². The minimum absolute atomic E-state index is 0.319. The highest BCUT2D eigenvalue weighted by molar-refractivity contribution is 5.94. The van der Waals surface area contributed by atoms with E-state index in [9.17, 15) is 14.0 Å². The number of hydrogen-bond donors (Lipinski definition) is 2. The molecule has 0 fully saturated rings. The summed E-state index contributed by atoms with van der Waals surface area (Å²) in [6, 6.07) is 5.45. The quantitative estimate of drug-likeness (QED) is 0.845. The van der Waals surface area contributed by atoms with Crippen LogP contribution in [0.2, 0.25) is 0 Å². The molecule has 0 aliphatic heterocycles. The Morgan fingerprint density at radius 3 is 2.47 bits per heavy atom. The van der Waals surface area contributed by atoms with Crippen molar-refractivity contribution in [3.05, 3.63) is 30.1 Å². The molecule has 1 aromatic rings. The van der Waals surface area contributed by atoms with Gasteiger partial charge in [-0.25, -0.2) is 4.39 Å². The van der Waals surface area contributed by atoms with Crippen molar-refractivity contribution < 1.29 is 19.1 Å². The van der Waals surface area contributed by atoms with Gasteiger partial charge in [-0.15, -0.1) is 0 Å². The topological polar surface area (TPSA) is 66.4 Å². The lowest BCUT2D eigenvalue weighted by Gasteiger charge is -2.15. The van der Waals surface area contributed by atoms with Crippen LogP contribution >= 0.6 is 0 Å². The van der Waals surface area contributed by atoms with E-state index in [1.807, 2.05) is 0 Å². The number of carboxylic acid groups (broad SMARTS) is 1. The van der Waals surface area contributed by atoms with E-state index in [4.69, 9.17) is 5.11 Å². The molecule has 0 radical (unpaired) electrons. The maximum atomic E-state index is 12.9. The zero-order chi connectivity index (χ0) is 13.0. The minimum atomic E-state index is -1.04. The summed E-state index contributed by atoms with van der Waals surface area (Å²) in [6.07, 6.45) is 0. The highest BCUT2D eigenvalue weighted by atomic mass is 19.1. The molecule has 4 nitrogen and oxygen atoms in total. The number of benzene rings is 1. The number of rotatable bonds is 4. The summed E-state index contributed by atoms with van der Waals surface area (Å²) < 4.78 is 12.9. The molecule has 2 unspecified atom stereocenters. The third-order valence-corrected chi connectivity index (χ3v) is 2.65. The monoisotopic (exact) mass is 239 g/mol. The third kappa shape index (κ3) is 3.55. The Bertz CT molecular complexity index is 434. The minimum Gasteiger partial charge on any atom is -0.481 e. The number of carbonyl (C=O) groups excluding carboxylic acids is 1. The molecule has 2 atom stereocenters. The SMILES string of the molecule is CC(C(=O)O)C(C)C(=O)Nc1cccc(F)c1. The molecular formula is C12H14FNO3. The van der Waals surface area contributed by atoms with Crippen molar-refractivity contribution in [2.24, 2.45) is 11.8 Å². The molecule has 2 N–H and O–H groups in total. The lowest BCUT2D eigenvalue weighted by Crippen LogP contribution is -2.29. The van der Waals surface area contributed by atoms with Crippen LogP contribution in [0, 0.1) is 17.7 Å². The van der Waals surface area contributed by atoms with Crippen molar-refractivity contribution in [3.8, 4) is 0 Å². The summed E-state index contributed by atoms with van der Waals surface area (Å²) in [5.74, 6) is -3.40. The number of nitrogens with one attached hydrogen (secondary N) is 1. The van der Waals surface area contributed by atoms with E-state index in [0.29, 0.717) is 5.69 Å². The molecule has 1 amide bonds. The van der Waals surface area contributed by atoms with Crippen LogP contribution in [0.3, 0.4) is 0 Å². The van der Waals surface area contributed by atoms with E-state index in [1.165, 1.54) is 32.0 Å². The average Bonchev–Trinajstić information content (AvgIpc) is 2.26. The fourth-order valence-electron chi connectivity index (χ4n) is 1.26. The summed E-state index contributed by atoms with van der Waals surface area (Å²) in [4.78, 5) is 22.4. The zero-order valence-electron chi connectivity index (χ0n) is 9.61. The van der Waals surface area contributed by atoms with E-state index < -0.39 is 29.5 Å². The van der Waals surface area contributed by atoms with Crippen LogP contribution in [0.1, 0.15) is 13.8 Å². The number of hydrogen-bond acceptors (Lipinski definition) is 2. The Kier molecular flexibility index (Phi) is 4.20. The number of anilines is 1. The largest absolute Gasteiger partial charge is 0.481 e. The van der Waals surface area contributed by atoms with E-state index in [2.05, 4.69) is 5.32 Å². The number of amides is 1. The summed E-state index contributed by atoms with van der Waals surface area (Å²) in [6.45, 7) is 2.98. The Morgan fingerprint density at radius 1 is 1.29 bits per heavy atom. The molecule has 92 valence electrons. The van der Waals surface area contributed by atoms with Crippen molar-refractivity contribution in [1.29, 1.82) is 0 Å². The number of carboxylic acids is 1. The third-order valence-electron chi connectivity index (χ3n) is 2.65. The maximum Gasteiger partial charge on any atom is 0.307 e. The molecule has 0 saturated carbocycles. The second-order valence-electron chi connectivity index (χ2n) is 3.92. The van der Waals surface area contributed by atoms with E-state index in [1.54, 1.807) is 6.07 Å².